The van der Waals surface area contributed by atoms with Gasteiger partial charge in [-0.25, -0.2) is 0 Å². The summed E-state index contributed by atoms with van der Waals surface area (Å²) in [5, 5.41) is 9.14. The van der Waals surface area contributed by atoms with E-state index in [9.17, 15) is 0 Å². The van der Waals surface area contributed by atoms with Gasteiger partial charge in [-0.15, -0.1) is 0 Å². The highest BCUT2D eigenvalue weighted by molar-refractivity contribution is 4.84. The molecule has 1 aliphatic rings. The van der Waals surface area contributed by atoms with E-state index in [4.69, 9.17) is 5.11 Å². The number of nitrogens with zero attached hydrogens (tertiary/aromatic N) is 1. The second kappa shape index (κ2) is 4.43. The van der Waals surface area contributed by atoms with Crippen molar-refractivity contribution in [3.05, 3.63) is 0 Å². The minimum atomic E-state index is 0.282. The van der Waals surface area contributed by atoms with Gasteiger partial charge >= 0.3 is 0 Å². The van der Waals surface area contributed by atoms with E-state index in [1.807, 2.05) is 0 Å². The van der Waals surface area contributed by atoms with E-state index in [0.717, 1.165) is 18.4 Å². The summed E-state index contributed by atoms with van der Waals surface area (Å²) in [5.41, 5.74) is 0. The fourth-order valence-electron chi connectivity index (χ4n) is 2.45. The average Bonchev–Trinajstić information content (AvgIpc) is 2.10. The molecule has 0 amide bonds. The van der Waals surface area contributed by atoms with Gasteiger partial charge < -0.3 is 5.11 Å². The number of hydrogen-bond donors (Lipinski definition) is 1. The molecule has 0 saturated carbocycles. The van der Waals surface area contributed by atoms with Crippen LogP contribution < -0.4 is 0 Å². The van der Waals surface area contributed by atoms with Gasteiger partial charge in [-0.05, 0) is 32.1 Å². The van der Waals surface area contributed by atoms with E-state index in [1.165, 1.54) is 6.42 Å². The summed E-state index contributed by atoms with van der Waals surface area (Å²) in [6.45, 7) is 10.4. The fourth-order valence-corrected chi connectivity index (χ4v) is 2.45. The Balaban J connectivity index is 2.60. The molecule has 4 atom stereocenters. The van der Waals surface area contributed by atoms with Crippen molar-refractivity contribution in [2.75, 3.05) is 13.2 Å². The molecule has 0 aromatic rings. The smallest absolute Gasteiger partial charge is 0.0584 e. The maximum Gasteiger partial charge on any atom is 0.0584 e. The molecular weight excluding hydrogens is 162 g/mol. The van der Waals surface area contributed by atoms with Crippen LogP contribution in [0.5, 0.6) is 0 Å². The zero-order chi connectivity index (χ0) is 10.0. The summed E-state index contributed by atoms with van der Waals surface area (Å²) >= 11 is 0. The predicted octanol–water partition coefficient (Wildman–Crippen LogP) is 1.73. The van der Waals surface area contributed by atoms with E-state index in [-0.39, 0.29) is 6.61 Å². The van der Waals surface area contributed by atoms with Crippen molar-refractivity contribution in [2.45, 2.75) is 46.2 Å². The van der Waals surface area contributed by atoms with Gasteiger partial charge in [0.1, 0.15) is 0 Å². The van der Waals surface area contributed by atoms with Crippen molar-refractivity contribution < 1.29 is 5.11 Å². The summed E-state index contributed by atoms with van der Waals surface area (Å²) in [6, 6.07) is 0.943. The summed E-state index contributed by atoms with van der Waals surface area (Å²) in [5.74, 6) is 1.54. The molecule has 0 spiro atoms. The van der Waals surface area contributed by atoms with Crippen LogP contribution in [0.25, 0.3) is 0 Å². The number of aliphatic hydroxyl groups is 1. The molecule has 2 heteroatoms. The normalized spacial score (nSPS) is 39.0. The Labute approximate surface area is 81.9 Å². The SMILES string of the molecule is CC1CC(C)C(C)N(C(C)CO)C1. The Morgan fingerprint density at radius 2 is 2.00 bits per heavy atom. The van der Waals surface area contributed by atoms with E-state index < -0.39 is 0 Å². The van der Waals surface area contributed by atoms with Gasteiger partial charge in [0.05, 0.1) is 6.61 Å². The second-order valence-electron chi connectivity index (χ2n) is 4.79. The summed E-state index contributed by atoms with van der Waals surface area (Å²) in [7, 11) is 0. The molecule has 2 nitrogen and oxygen atoms in total. The van der Waals surface area contributed by atoms with Crippen LogP contribution in [-0.4, -0.2) is 35.2 Å². The van der Waals surface area contributed by atoms with Crippen LogP contribution in [0.3, 0.4) is 0 Å². The Morgan fingerprint density at radius 1 is 1.38 bits per heavy atom. The molecule has 4 unspecified atom stereocenters. The standard InChI is InChI=1S/C11H23NO/c1-8-5-9(2)11(4)12(6-8)10(3)7-13/h8-11,13H,5-7H2,1-4H3. The first-order valence-corrected chi connectivity index (χ1v) is 5.42. The van der Waals surface area contributed by atoms with E-state index in [2.05, 4.69) is 32.6 Å². The van der Waals surface area contributed by atoms with Crippen molar-refractivity contribution in [3.63, 3.8) is 0 Å². The molecule has 1 heterocycles. The Hall–Kier alpha value is -0.0800. The first-order chi connectivity index (χ1) is 6.06. The molecule has 1 saturated heterocycles. The van der Waals surface area contributed by atoms with E-state index in [1.54, 1.807) is 0 Å². The van der Waals surface area contributed by atoms with Crippen molar-refractivity contribution in [3.8, 4) is 0 Å². The van der Waals surface area contributed by atoms with Crippen LogP contribution in [-0.2, 0) is 0 Å². The van der Waals surface area contributed by atoms with Crippen LogP contribution >= 0.6 is 0 Å². The molecule has 0 aromatic carbocycles. The highest BCUT2D eigenvalue weighted by Gasteiger charge is 2.30. The van der Waals surface area contributed by atoms with E-state index >= 15 is 0 Å². The predicted molar refractivity (Wildman–Crippen MR) is 55.7 cm³/mol. The third kappa shape index (κ3) is 2.44. The first kappa shape index (κ1) is 11.0. The third-order valence-electron chi connectivity index (χ3n) is 3.47. The minimum absolute atomic E-state index is 0.282. The second-order valence-corrected chi connectivity index (χ2v) is 4.79. The molecule has 0 aliphatic carbocycles. The summed E-state index contributed by atoms with van der Waals surface area (Å²) in [4.78, 5) is 2.44. The molecule has 1 fully saturated rings. The first-order valence-electron chi connectivity index (χ1n) is 5.42. The molecule has 1 rings (SSSR count). The number of piperidine rings is 1. The van der Waals surface area contributed by atoms with Gasteiger partial charge in [0, 0.05) is 18.6 Å². The van der Waals surface area contributed by atoms with Gasteiger partial charge in [0.2, 0.25) is 0 Å². The molecule has 1 aliphatic heterocycles. The van der Waals surface area contributed by atoms with Crippen molar-refractivity contribution in [1.29, 1.82) is 0 Å². The lowest BCUT2D eigenvalue weighted by atomic mass is 9.85. The lowest BCUT2D eigenvalue weighted by Crippen LogP contribution is -2.51. The Morgan fingerprint density at radius 3 is 2.54 bits per heavy atom. The van der Waals surface area contributed by atoms with Gasteiger partial charge in [0.15, 0.2) is 0 Å². The van der Waals surface area contributed by atoms with Crippen LogP contribution in [0, 0.1) is 11.8 Å². The van der Waals surface area contributed by atoms with Gasteiger partial charge in [-0.1, -0.05) is 13.8 Å². The molecule has 0 bridgehead atoms. The Bertz CT molecular complexity index is 160. The highest BCUT2D eigenvalue weighted by atomic mass is 16.3. The monoisotopic (exact) mass is 185 g/mol. The topological polar surface area (TPSA) is 23.5 Å². The minimum Gasteiger partial charge on any atom is -0.395 e. The van der Waals surface area contributed by atoms with Gasteiger partial charge in [-0.2, -0.15) is 0 Å². The number of likely N-dealkylation sites (tertiary alicyclic amines) is 1. The van der Waals surface area contributed by atoms with Crippen LogP contribution in [0.15, 0.2) is 0 Å². The fraction of sp³-hybridized carbons (Fsp3) is 1.00. The zero-order valence-electron chi connectivity index (χ0n) is 9.33. The molecule has 1 N–H and O–H groups in total. The lowest BCUT2D eigenvalue weighted by molar-refractivity contribution is 0.0239. The number of aliphatic hydroxyl groups excluding tert-OH is 1. The van der Waals surface area contributed by atoms with Crippen molar-refractivity contribution in [1.82, 2.24) is 4.90 Å². The summed E-state index contributed by atoms with van der Waals surface area (Å²) in [6.07, 6.45) is 1.33. The Kier molecular flexibility index (Phi) is 3.74. The van der Waals surface area contributed by atoms with Crippen LogP contribution in [0.2, 0.25) is 0 Å². The van der Waals surface area contributed by atoms with Crippen molar-refractivity contribution >= 4 is 0 Å². The molecular formula is C11H23NO. The highest BCUT2D eigenvalue weighted by Crippen LogP contribution is 2.28. The molecule has 0 radical (unpaired) electrons. The lowest BCUT2D eigenvalue weighted by Gasteiger charge is -2.43. The average molecular weight is 185 g/mol. The van der Waals surface area contributed by atoms with Crippen LogP contribution in [0.1, 0.15) is 34.1 Å². The molecule has 0 aromatic heterocycles. The maximum atomic E-state index is 9.14. The number of hydrogen-bond acceptors (Lipinski definition) is 2. The van der Waals surface area contributed by atoms with Gasteiger partial charge in [0.25, 0.3) is 0 Å². The maximum absolute atomic E-state index is 9.14. The molecule has 78 valence electrons. The zero-order valence-corrected chi connectivity index (χ0v) is 9.33. The quantitative estimate of drug-likeness (QED) is 0.708. The summed E-state index contributed by atoms with van der Waals surface area (Å²) < 4.78 is 0. The van der Waals surface area contributed by atoms with Crippen molar-refractivity contribution in [2.24, 2.45) is 11.8 Å². The van der Waals surface area contributed by atoms with E-state index in [0.29, 0.717) is 12.1 Å². The third-order valence-corrected chi connectivity index (χ3v) is 3.47. The van der Waals surface area contributed by atoms with Crippen LogP contribution in [0.4, 0.5) is 0 Å². The largest absolute Gasteiger partial charge is 0.395 e. The molecule has 13 heavy (non-hydrogen) atoms. The number of rotatable bonds is 2. The van der Waals surface area contributed by atoms with Gasteiger partial charge in [-0.3, -0.25) is 4.90 Å².